The van der Waals surface area contributed by atoms with Gasteiger partial charge in [-0.3, -0.25) is 4.90 Å². The molecule has 26 heavy (non-hydrogen) atoms. The second kappa shape index (κ2) is 7.68. The lowest BCUT2D eigenvalue weighted by atomic mass is 9.85. The number of ether oxygens (including phenoxy) is 2. The number of benzene rings is 1. The molecule has 0 N–H and O–H groups in total. The summed E-state index contributed by atoms with van der Waals surface area (Å²) in [5.41, 5.74) is -0.0210. The Morgan fingerprint density at radius 3 is 2.08 bits per heavy atom. The van der Waals surface area contributed by atoms with Crippen molar-refractivity contribution in [2.45, 2.75) is 77.5 Å². The normalized spacial score (nSPS) is 21.2. The summed E-state index contributed by atoms with van der Waals surface area (Å²) in [6.07, 6.45) is 0.876. The molecule has 5 heteroatoms. The third-order valence-corrected chi connectivity index (χ3v) is 4.18. The number of carbonyl (C=O) groups excluding carboxylic acids is 2. The number of nitrogens with zero attached hydrogens (tertiary/aromatic N) is 1. The van der Waals surface area contributed by atoms with Gasteiger partial charge in [-0.05, 0) is 65.9 Å². The molecule has 1 saturated heterocycles. The first-order chi connectivity index (χ1) is 12.0. The van der Waals surface area contributed by atoms with Crippen LogP contribution in [0.15, 0.2) is 30.3 Å². The van der Waals surface area contributed by atoms with E-state index in [1.807, 2.05) is 59.7 Å². The molecule has 2 rings (SSSR count). The summed E-state index contributed by atoms with van der Waals surface area (Å²) in [6.45, 7) is 11.4. The maximum absolute atomic E-state index is 12.8. The zero-order valence-electron chi connectivity index (χ0n) is 16.7. The summed E-state index contributed by atoms with van der Waals surface area (Å²) in [7, 11) is 0. The highest BCUT2D eigenvalue weighted by molar-refractivity contribution is 5.82. The van der Waals surface area contributed by atoms with Crippen molar-refractivity contribution >= 4 is 12.1 Å². The smallest absolute Gasteiger partial charge is 0.411 e. The highest BCUT2D eigenvalue weighted by Crippen LogP contribution is 2.33. The van der Waals surface area contributed by atoms with Gasteiger partial charge in [-0.1, -0.05) is 30.3 Å². The van der Waals surface area contributed by atoms with Crippen LogP contribution in [0.3, 0.4) is 0 Å². The third-order valence-electron chi connectivity index (χ3n) is 4.18. The van der Waals surface area contributed by atoms with Gasteiger partial charge in [0, 0.05) is 6.54 Å². The molecule has 1 heterocycles. The van der Waals surface area contributed by atoms with E-state index in [9.17, 15) is 9.59 Å². The Balaban J connectivity index is 2.22. The van der Waals surface area contributed by atoms with Crippen molar-refractivity contribution in [2.24, 2.45) is 0 Å². The van der Waals surface area contributed by atoms with Gasteiger partial charge in [0.25, 0.3) is 0 Å². The van der Waals surface area contributed by atoms with Crippen molar-refractivity contribution in [3.8, 4) is 0 Å². The molecule has 0 spiro atoms. The molecule has 0 aliphatic carbocycles. The van der Waals surface area contributed by atoms with Crippen molar-refractivity contribution in [1.29, 1.82) is 0 Å². The average Bonchev–Trinajstić information content (AvgIpc) is 2.52. The first-order valence-electron chi connectivity index (χ1n) is 9.24. The number of carbonyl (C=O) groups is 2. The molecule has 1 amide bonds. The zero-order chi connectivity index (χ0) is 19.5. The Kier molecular flexibility index (Phi) is 5.99. The number of esters is 1. The average molecular weight is 361 g/mol. The highest BCUT2D eigenvalue weighted by Gasteiger charge is 2.40. The molecule has 0 bridgehead atoms. The van der Waals surface area contributed by atoms with Crippen LogP contribution >= 0.6 is 0 Å². The molecule has 2 atom stereocenters. The Labute approximate surface area is 156 Å². The number of amides is 1. The predicted molar refractivity (Wildman–Crippen MR) is 101 cm³/mol. The first kappa shape index (κ1) is 20.3. The van der Waals surface area contributed by atoms with E-state index < -0.39 is 23.3 Å². The summed E-state index contributed by atoms with van der Waals surface area (Å²) < 4.78 is 11.1. The van der Waals surface area contributed by atoms with Gasteiger partial charge >= 0.3 is 12.1 Å². The monoisotopic (exact) mass is 361 g/mol. The number of hydrogen-bond donors (Lipinski definition) is 0. The summed E-state index contributed by atoms with van der Waals surface area (Å²) >= 11 is 0. The van der Waals surface area contributed by atoms with Crippen molar-refractivity contribution in [3.05, 3.63) is 35.9 Å². The molecule has 0 aromatic heterocycles. The van der Waals surface area contributed by atoms with Crippen molar-refractivity contribution in [1.82, 2.24) is 4.90 Å². The molecule has 144 valence electrons. The van der Waals surface area contributed by atoms with Gasteiger partial charge in [0.05, 0.1) is 0 Å². The summed E-state index contributed by atoms with van der Waals surface area (Å²) in [4.78, 5) is 27.0. The fourth-order valence-electron chi connectivity index (χ4n) is 3.13. The van der Waals surface area contributed by atoms with E-state index in [-0.39, 0.29) is 11.9 Å². The van der Waals surface area contributed by atoms with E-state index in [4.69, 9.17) is 9.47 Å². The predicted octanol–water partition coefficient (Wildman–Crippen LogP) is 4.51. The van der Waals surface area contributed by atoms with Gasteiger partial charge in [0.1, 0.15) is 17.2 Å². The van der Waals surface area contributed by atoms with Crippen LogP contribution in [0.1, 0.15) is 65.9 Å². The molecule has 5 nitrogen and oxygen atoms in total. The molecule has 1 aromatic carbocycles. The second-order valence-electron chi connectivity index (χ2n) is 8.85. The molecule has 1 aromatic rings. The van der Waals surface area contributed by atoms with E-state index in [2.05, 4.69) is 12.1 Å². The Morgan fingerprint density at radius 1 is 0.962 bits per heavy atom. The van der Waals surface area contributed by atoms with Gasteiger partial charge in [-0.25, -0.2) is 9.59 Å². The van der Waals surface area contributed by atoms with E-state index in [1.165, 1.54) is 10.5 Å². The Bertz CT molecular complexity index is 628. The van der Waals surface area contributed by atoms with Crippen molar-refractivity contribution < 1.29 is 19.1 Å². The number of piperidine rings is 1. The fraction of sp³-hybridized carbons (Fsp3) is 0.619. The van der Waals surface area contributed by atoms with Crippen LogP contribution in [0.5, 0.6) is 0 Å². The second-order valence-corrected chi connectivity index (χ2v) is 8.85. The maximum Gasteiger partial charge on any atom is 0.411 e. The molecule has 0 unspecified atom stereocenters. The molecule has 1 aliphatic heterocycles. The van der Waals surface area contributed by atoms with Gasteiger partial charge in [0.15, 0.2) is 0 Å². The zero-order valence-corrected chi connectivity index (χ0v) is 16.7. The van der Waals surface area contributed by atoms with Crippen LogP contribution in [0.25, 0.3) is 0 Å². The third kappa shape index (κ3) is 5.75. The molecular weight excluding hydrogens is 330 g/mol. The summed E-state index contributed by atoms with van der Waals surface area (Å²) in [5.74, 6) is -0.156. The topological polar surface area (TPSA) is 55.8 Å². The van der Waals surface area contributed by atoms with Gasteiger partial charge in [0.2, 0.25) is 0 Å². The summed E-state index contributed by atoms with van der Waals surface area (Å²) in [6, 6.07) is 9.48. The number of rotatable bonds is 2. The first-order valence-corrected chi connectivity index (χ1v) is 9.24. The van der Waals surface area contributed by atoms with Crippen molar-refractivity contribution in [2.75, 3.05) is 6.54 Å². The molecule has 0 radical (unpaired) electrons. The van der Waals surface area contributed by atoms with Crippen molar-refractivity contribution in [3.63, 3.8) is 0 Å². The van der Waals surface area contributed by atoms with E-state index in [0.29, 0.717) is 13.0 Å². The minimum Gasteiger partial charge on any atom is -0.458 e. The van der Waals surface area contributed by atoms with Crippen LogP contribution in [0.2, 0.25) is 0 Å². The van der Waals surface area contributed by atoms with Gasteiger partial charge in [-0.15, -0.1) is 0 Å². The molecule has 0 saturated carbocycles. The quantitative estimate of drug-likeness (QED) is 0.727. The standard InChI is InChI=1S/C21H31NO4/c1-20(2,3)25-18(23)17-14-16(15-10-8-7-9-11-15)12-13-22(17)19(24)26-21(4,5)6/h7-11,16-17H,12-14H2,1-6H3/t16-,17+/m1/s1. The lowest BCUT2D eigenvalue weighted by Gasteiger charge is -2.39. The van der Waals surface area contributed by atoms with E-state index >= 15 is 0 Å². The van der Waals surface area contributed by atoms with Crippen LogP contribution in [0.4, 0.5) is 4.79 Å². The Morgan fingerprint density at radius 2 is 1.54 bits per heavy atom. The Hall–Kier alpha value is -2.04. The molecule has 1 fully saturated rings. The van der Waals surface area contributed by atoms with Crippen LogP contribution in [-0.2, 0) is 14.3 Å². The van der Waals surface area contributed by atoms with Crippen LogP contribution in [-0.4, -0.2) is 40.8 Å². The minimum atomic E-state index is -0.636. The van der Waals surface area contributed by atoms with Crippen LogP contribution < -0.4 is 0 Å². The molecular formula is C21H31NO4. The maximum atomic E-state index is 12.8. The number of hydrogen-bond acceptors (Lipinski definition) is 4. The highest BCUT2D eigenvalue weighted by atomic mass is 16.6. The van der Waals surface area contributed by atoms with Gasteiger partial charge < -0.3 is 9.47 Å². The van der Waals surface area contributed by atoms with Crippen LogP contribution in [0, 0.1) is 0 Å². The van der Waals surface area contributed by atoms with E-state index in [1.54, 1.807) is 0 Å². The molecule has 1 aliphatic rings. The SMILES string of the molecule is CC(C)(C)OC(=O)[C@@H]1C[C@H](c2ccccc2)CCN1C(=O)OC(C)(C)C. The lowest BCUT2D eigenvalue weighted by Crippen LogP contribution is -2.52. The summed E-state index contributed by atoms with van der Waals surface area (Å²) in [5, 5.41) is 0. The number of likely N-dealkylation sites (tertiary alicyclic amines) is 1. The largest absolute Gasteiger partial charge is 0.458 e. The van der Waals surface area contributed by atoms with Gasteiger partial charge in [-0.2, -0.15) is 0 Å². The minimum absolute atomic E-state index is 0.215. The lowest BCUT2D eigenvalue weighted by molar-refractivity contribution is -0.162. The van der Waals surface area contributed by atoms with E-state index in [0.717, 1.165) is 6.42 Å². The fourth-order valence-corrected chi connectivity index (χ4v) is 3.13.